The molecule has 26 heavy (non-hydrogen) atoms. The highest BCUT2D eigenvalue weighted by Crippen LogP contribution is 2.38. The molecule has 1 aromatic carbocycles. The van der Waals surface area contributed by atoms with Gasteiger partial charge in [0, 0.05) is 33.8 Å². The number of aromatic nitrogens is 3. The highest BCUT2D eigenvalue weighted by Gasteiger charge is 2.41. The third-order valence-electron chi connectivity index (χ3n) is 5.22. The number of anilines is 1. The minimum Gasteiger partial charge on any atom is -0.507 e. The summed E-state index contributed by atoms with van der Waals surface area (Å²) in [4.78, 5) is 4.24. The summed E-state index contributed by atoms with van der Waals surface area (Å²) in [5.41, 5.74) is 1.19. The highest BCUT2D eigenvalue weighted by atomic mass is 35.5. The number of phenols is 1. The number of phenolic OH excluding ortho intramolecular Hbond substituents is 1. The number of ether oxygens (including phenoxy) is 1. The van der Waals surface area contributed by atoms with Crippen LogP contribution in [-0.4, -0.2) is 38.5 Å². The van der Waals surface area contributed by atoms with E-state index in [2.05, 4.69) is 20.5 Å². The molecule has 0 aliphatic carbocycles. The molecule has 2 aromatic heterocycles. The molecular formula is C19H17ClN4O2. The molecule has 3 atom stereocenters. The molecule has 7 heteroatoms. The van der Waals surface area contributed by atoms with E-state index in [-0.39, 0.29) is 17.9 Å². The van der Waals surface area contributed by atoms with Crippen LogP contribution in [0.2, 0.25) is 5.02 Å². The van der Waals surface area contributed by atoms with Crippen LogP contribution >= 0.6 is 11.6 Å². The van der Waals surface area contributed by atoms with Crippen molar-refractivity contribution in [3.63, 3.8) is 0 Å². The maximum atomic E-state index is 10.3. The summed E-state index contributed by atoms with van der Waals surface area (Å²) in [6, 6.07) is 7.11. The lowest BCUT2D eigenvalue weighted by molar-refractivity contribution is 0.102. The van der Waals surface area contributed by atoms with E-state index in [0.29, 0.717) is 28.2 Å². The molecule has 0 saturated carbocycles. The Hall–Kier alpha value is -2.44. The van der Waals surface area contributed by atoms with Gasteiger partial charge in [-0.05, 0) is 43.5 Å². The molecule has 2 saturated heterocycles. The van der Waals surface area contributed by atoms with E-state index in [1.54, 1.807) is 24.5 Å². The van der Waals surface area contributed by atoms with Crippen LogP contribution in [0.3, 0.4) is 0 Å². The second-order valence-electron chi connectivity index (χ2n) is 6.84. The van der Waals surface area contributed by atoms with Crippen molar-refractivity contribution in [1.82, 2.24) is 15.2 Å². The van der Waals surface area contributed by atoms with Crippen molar-refractivity contribution in [3.8, 4) is 17.0 Å². The van der Waals surface area contributed by atoms with E-state index in [4.69, 9.17) is 16.3 Å². The van der Waals surface area contributed by atoms with Crippen LogP contribution in [-0.2, 0) is 4.74 Å². The monoisotopic (exact) mass is 368 g/mol. The van der Waals surface area contributed by atoms with Gasteiger partial charge >= 0.3 is 0 Å². The third kappa shape index (κ3) is 2.57. The quantitative estimate of drug-likeness (QED) is 0.732. The average molecular weight is 369 g/mol. The lowest BCUT2D eigenvalue weighted by Gasteiger charge is -2.21. The lowest BCUT2D eigenvalue weighted by Crippen LogP contribution is -2.31. The van der Waals surface area contributed by atoms with E-state index < -0.39 is 0 Å². The van der Waals surface area contributed by atoms with E-state index in [1.807, 2.05) is 6.07 Å². The van der Waals surface area contributed by atoms with Crippen LogP contribution in [0.4, 0.5) is 5.82 Å². The fraction of sp³-hybridized carbons (Fsp3) is 0.316. The molecule has 2 aliphatic heterocycles. The molecular weight excluding hydrogens is 352 g/mol. The molecule has 0 amide bonds. The molecule has 132 valence electrons. The maximum absolute atomic E-state index is 10.3. The fourth-order valence-corrected chi connectivity index (χ4v) is 4.14. The van der Waals surface area contributed by atoms with E-state index in [0.717, 1.165) is 30.0 Å². The summed E-state index contributed by atoms with van der Waals surface area (Å²) >= 11 is 5.95. The topological polar surface area (TPSA) is 80.2 Å². The molecule has 2 N–H and O–H groups in total. The zero-order valence-electron chi connectivity index (χ0n) is 13.9. The van der Waals surface area contributed by atoms with Gasteiger partial charge in [-0.25, -0.2) is 0 Å². The Labute approximate surface area is 155 Å². The second-order valence-corrected chi connectivity index (χ2v) is 7.28. The van der Waals surface area contributed by atoms with Crippen molar-refractivity contribution >= 4 is 28.2 Å². The van der Waals surface area contributed by atoms with Crippen LogP contribution < -0.4 is 5.32 Å². The summed E-state index contributed by atoms with van der Waals surface area (Å²) in [7, 11) is 0. The first-order chi connectivity index (χ1) is 12.7. The van der Waals surface area contributed by atoms with Gasteiger partial charge in [-0.3, -0.25) is 4.98 Å². The van der Waals surface area contributed by atoms with Gasteiger partial charge in [0.15, 0.2) is 5.82 Å². The number of fused-ring (bicyclic) bond motifs is 3. The molecule has 6 nitrogen and oxygen atoms in total. The Bertz CT molecular complexity index is 996. The summed E-state index contributed by atoms with van der Waals surface area (Å²) < 4.78 is 5.92. The van der Waals surface area contributed by atoms with Crippen LogP contribution in [0.15, 0.2) is 36.7 Å². The van der Waals surface area contributed by atoms with Crippen molar-refractivity contribution in [2.75, 3.05) is 5.32 Å². The molecule has 2 fully saturated rings. The molecule has 2 bridgehead atoms. The van der Waals surface area contributed by atoms with E-state index in [1.165, 1.54) is 6.07 Å². The van der Waals surface area contributed by atoms with Crippen molar-refractivity contribution < 1.29 is 9.84 Å². The number of rotatable bonds is 3. The summed E-state index contributed by atoms with van der Waals surface area (Å²) in [6.45, 7) is 0. The number of hydrogen-bond donors (Lipinski definition) is 2. The predicted molar refractivity (Wildman–Crippen MR) is 99.4 cm³/mol. The van der Waals surface area contributed by atoms with Crippen LogP contribution in [0.5, 0.6) is 5.75 Å². The number of nitrogens with one attached hydrogen (secondary N) is 1. The maximum Gasteiger partial charge on any atom is 0.158 e. The van der Waals surface area contributed by atoms with Crippen molar-refractivity contribution in [2.24, 2.45) is 0 Å². The number of hydrogen-bond acceptors (Lipinski definition) is 6. The largest absolute Gasteiger partial charge is 0.507 e. The van der Waals surface area contributed by atoms with E-state index in [9.17, 15) is 5.11 Å². The van der Waals surface area contributed by atoms with Crippen LogP contribution in [0.1, 0.15) is 19.3 Å². The molecule has 3 aromatic rings. The van der Waals surface area contributed by atoms with Crippen molar-refractivity contribution in [3.05, 3.63) is 41.7 Å². The van der Waals surface area contributed by atoms with Gasteiger partial charge in [0.1, 0.15) is 11.4 Å². The van der Waals surface area contributed by atoms with Crippen molar-refractivity contribution in [2.45, 2.75) is 37.5 Å². The molecule has 0 radical (unpaired) electrons. The van der Waals surface area contributed by atoms with Gasteiger partial charge in [0.2, 0.25) is 0 Å². The Balaban J connectivity index is 1.58. The number of halogens is 1. The van der Waals surface area contributed by atoms with Gasteiger partial charge in [0.25, 0.3) is 0 Å². The highest BCUT2D eigenvalue weighted by molar-refractivity contribution is 6.30. The Kier molecular flexibility index (Phi) is 3.69. The van der Waals surface area contributed by atoms with Crippen LogP contribution in [0, 0.1) is 0 Å². The Morgan fingerprint density at radius 3 is 2.85 bits per heavy atom. The minimum absolute atomic E-state index is 0.0760. The fourth-order valence-electron chi connectivity index (χ4n) is 3.97. The number of benzene rings is 1. The Morgan fingerprint density at radius 2 is 2.08 bits per heavy atom. The summed E-state index contributed by atoms with van der Waals surface area (Å²) in [5, 5.41) is 24.8. The third-order valence-corrected chi connectivity index (χ3v) is 5.46. The van der Waals surface area contributed by atoms with Gasteiger partial charge in [0.05, 0.1) is 18.2 Å². The van der Waals surface area contributed by atoms with Gasteiger partial charge in [-0.15, -0.1) is 10.2 Å². The molecule has 0 spiro atoms. The zero-order valence-corrected chi connectivity index (χ0v) is 14.6. The molecule has 5 rings (SSSR count). The number of pyridine rings is 1. The van der Waals surface area contributed by atoms with Gasteiger partial charge in [-0.1, -0.05) is 11.6 Å². The molecule has 2 aliphatic rings. The molecule has 0 unspecified atom stereocenters. The van der Waals surface area contributed by atoms with E-state index >= 15 is 0 Å². The minimum atomic E-state index is 0.0760. The predicted octanol–water partition coefficient (Wildman–Crippen LogP) is 3.78. The van der Waals surface area contributed by atoms with Gasteiger partial charge < -0.3 is 15.2 Å². The zero-order chi connectivity index (χ0) is 17.7. The average Bonchev–Trinajstić information content (AvgIpc) is 3.26. The number of aromatic hydroxyl groups is 1. The van der Waals surface area contributed by atoms with Gasteiger partial charge in [-0.2, -0.15) is 0 Å². The smallest absolute Gasteiger partial charge is 0.158 e. The SMILES string of the molecule is Oc1cc(Cl)ccc1-c1nnc(N[C@H]2C[C@H]3CC[C@@H]2O3)c2cnccc12. The Morgan fingerprint density at radius 1 is 1.15 bits per heavy atom. The van der Waals surface area contributed by atoms with Crippen LogP contribution in [0.25, 0.3) is 22.0 Å². The normalized spacial score (nSPS) is 24.3. The van der Waals surface area contributed by atoms with Crippen molar-refractivity contribution in [1.29, 1.82) is 0 Å². The molecule has 4 heterocycles. The standard InChI is InChI=1S/C19H17ClN4O2/c20-10-1-3-13(16(25)7-10)18-12-5-6-21-9-14(12)19(24-23-18)22-15-8-11-2-4-17(15)26-11/h1,3,5-7,9,11,15,17,25H,2,4,8H2,(H,22,24)/t11-,15+,17+/m1/s1. The lowest BCUT2D eigenvalue weighted by atomic mass is 9.95. The first-order valence-corrected chi connectivity index (χ1v) is 9.08. The number of nitrogens with zero attached hydrogens (tertiary/aromatic N) is 3. The first kappa shape index (κ1) is 15.8. The summed E-state index contributed by atoms with van der Waals surface area (Å²) in [6.07, 6.45) is 7.32. The second kappa shape index (κ2) is 6.07. The first-order valence-electron chi connectivity index (χ1n) is 8.70. The summed E-state index contributed by atoms with van der Waals surface area (Å²) in [5.74, 6) is 0.776.